The molecule has 3 aromatic rings. The Morgan fingerprint density at radius 1 is 1.18 bits per heavy atom. The van der Waals surface area contributed by atoms with E-state index in [0.717, 1.165) is 22.4 Å². The van der Waals surface area contributed by atoms with Gasteiger partial charge < -0.3 is 14.0 Å². The number of aromatic nitrogens is 2. The number of aryl methyl sites for hydroxylation is 1. The number of ether oxygens (including phenoxy) is 2. The van der Waals surface area contributed by atoms with Crippen LogP contribution >= 0.6 is 0 Å². The molecule has 0 aliphatic rings. The molecule has 1 amide bonds. The van der Waals surface area contributed by atoms with Crippen LogP contribution in [0.1, 0.15) is 25.0 Å². The zero-order valence-corrected chi connectivity index (χ0v) is 16.4. The van der Waals surface area contributed by atoms with Crippen molar-refractivity contribution in [2.45, 2.75) is 33.8 Å². The summed E-state index contributed by atoms with van der Waals surface area (Å²) in [6, 6.07) is 13.0. The largest absolute Gasteiger partial charge is 0.494 e. The lowest BCUT2D eigenvalue weighted by Crippen LogP contribution is -2.30. The number of amides is 1. The predicted molar refractivity (Wildman–Crippen MR) is 106 cm³/mol. The van der Waals surface area contributed by atoms with Crippen LogP contribution in [0.4, 0.5) is 5.95 Å². The summed E-state index contributed by atoms with van der Waals surface area (Å²) in [6.45, 7) is 8.14. The van der Waals surface area contributed by atoms with Gasteiger partial charge in [0.05, 0.1) is 6.61 Å². The third kappa shape index (κ3) is 4.49. The first-order valence-corrected chi connectivity index (χ1v) is 9.08. The number of benzene rings is 2. The van der Waals surface area contributed by atoms with Crippen LogP contribution in [0.3, 0.4) is 0 Å². The first-order valence-electron chi connectivity index (χ1n) is 9.08. The van der Waals surface area contributed by atoms with Gasteiger partial charge in [0, 0.05) is 5.56 Å². The summed E-state index contributed by atoms with van der Waals surface area (Å²) < 4.78 is 16.4. The van der Waals surface area contributed by atoms with Crippen LogP contribution in [0, 0.1) is 13.8 Å². The van der Waals surface area contributed by atoms with Crippen LogP contribution < -0.4 is 14.8 Å². The highest BCUT2D eigenvalue weighted by atomic mass is 16.5. The number of nitrogens with zero attached hydrogens (tertiary/aromatic N) is 2. The molecule has 7 heteroatoms. The van der Waals surface area contributed by atoms with Gasteiger partial charge in [0.1, 0.15) is 11.5 Å². The van der Waals surface area contributed by atoms with Gasteiger partial charge in [0.15, 0.2) is 6.10 Å². The number of rotatable bonds is 7. The van der Waals surface area contributed by atoms with Crippen molar-refractivity contribution >= 4 is 11.9 Å². The van der Waals surface area contributed by atoms with Crippen LogP contribution in [0.5, 0.6) is 11.5 Å². The standard InChI is InChI=1S/C21H23N3O4/c1-5-26-17-11-9-16(10-12-17)20-23-21(24-28-20)22-19(25)15(4)27-18-8-6-7-13(2)14(18)3/h6-12,15H,5H2,1-4H3,(H,22,24,25)/t15-/m1/s1. The van der Waals surface area contributed by atoms with E-state index in [1.54, 1.807) is 6.92 Å². The minimum absolute atomic E-state index is 0.0882. The van der Waals surface area contributed by atoms with Crippen molar-refractivity contribution < 1.29 is 18.8 Å². The Morgan fingerprint density at radius 2 is 1.93 bits per heavy atom. The van der Waals surface area contributed by atoms with Crippen molar-refractivity contribution in [3.63, 3.8) is 0 Å². The Labute approximate surface area is 163 Å². The second kappa shape index (κ2) is 8.56. The summed E-state index contributed by atoms with van der Waals surface area (Å²) in [5.74, 6) is 1.47. The minimum atomic E-state index is -0.715. The normalized spacial score (nSPS) is 11.7. The van der Waals surface area contributed by atoms with Gasteiger partial charge >= 0.3 is 0 Å². The summed E-state index contributed by atoms with van der Waals surface area (Å²) in [5.41, 5.74) is 2.83. The van der Waals surface area contributed by atoms with E-state index in [1.807, 2.05) is 63.2 Å². The van der Waals surface area contributed by atoms with Gasteiger partial charge in [-0.2, -0.15) is 4.98 Å². The Balaban J connectivity index is 1.63. The number of carbonyl (C=O) groups excluding carboxylic acids is 1. The molecule has 0 radical (unpaired) electrons. The van der Waals surface area contributed by atoms with E-state index >= 15 is 0 Å². The zero-order valence-electron chi connectivity index (χ0n) is 16.4. The highest BCUT2D eigenvalue weighted by Gasteiger charge is 2.19. The van der Waals surface area contributed by atoms with E-state index in [-0.39, 0.29) is 11.9 Å². The molecule has 2 aromatic carbocycles. The third-order valence-corrected chi connectivity index (χ3v) is 4.30. The number of nitrogens with one attached hydrogen (secondary N) is 1. The van der Waals surface area contributed by atoms with Crippen molar-refractivity contribution in [1.82, 2.24) is 10.1 Å². The molecule has 0 fully saturated rings. The molecular weight excluding hydrogens is 358 g/mol. The fraction of sp³-hybridized carbons (Fsp3) is 0.286. The van der Waals surface area contributed by atoms with Crippen molar-refractivity contribution in [2.75, 3.05) is 11.9 Å². The lowest BCUT2D eigenvalue weighted by molar-refractivity contribution is -0.122. The molecule has 7 nitrogen and oxygen atoms in total. The summed E-state index contributed by atoms with van der Waals surface area (Å²) in [5, 5.41) is 6.42. The second-order valence-corrected chi connectivity index (χ2v) is 6.33. The molecule has 3 rings (SSSR count). The van der Waals surface area contributed by atoms with Gasteiger partial charge in [-0.15, -0.1) is 0 Å². The molecule has 0 bridgehead atoms. The first kappa shape index (κ1) is 19.4. The van der Waals surface area contributed by atoms with E-state index in [0.29, 0.717) is 18.2 Å². The minimum Gasteiger partial charge on any atom is -0.494 e. The zero-order chi connectivity index (χ0) is 20.1. The fourth-order valence-corrected chi connectivity index (χ4v) is 2.56. The van der Waals surface area contributed by atoms with E-state index < -0.39 is 6.10 Å². The molecule has 0 saturated heterocycles. The summed E-state index contributed by atoms with van der Waals surface area (Å²) in [7, 11) is 0. The van der Waals surface area contributed by atoms with Crippen molar-refractivity contribution in [3.05, 3.63) is 53.6 Å². The van der Waals surface area contributed by atoms with E-state index in [1.165, 1.54) is 0 Å². The monoisotopic (exact) mass is 381 g/mol. The van der Waals surface area contributed by atoms with E-state index in [4.69, 9.17) is 14.0 Å². The Bertz CT molecular complexity index is 951. The maximum Gasteiger partial charge on any atom is 0.270 e. The maximum atomic E-state index is 12.4. The molecule has 146 valence electrons. The molecule has 1 N–H and O–H groups in total. The summed E-state index contributed by atoms with van der Waals surface area (Å²) in [6.07, 6.45) is -0.715. The van der Waals surface area contributed by atoms with Crippen LogP contribution in [-0.2, 0) is 4.79 Å². The Morgan fingerprint density at radius 3 is 2.64 bits per heavy atom. The quantitative estimate of drug-likeness (QED) is 0.661. The van der Waals surface area contributed by atoms with E-state index in [2.05, 4.69) is 15.5 Å². The molecule has 0 spiro atoms. The molecule has 1 heterocycles. The fourth-order valence-electron chi connectivity index (χ4n) is 2.56. The summed E-state index contributed by atoms with van der Waals surface area (Å²) in [4.78, 5) is 16.6. The Kier molecular flexibility index (Phi) is 5.93. The second-order valence-electron chi connectivity index (χ2n) is 6.33. The molecule has 28 heavy (non-hydrogen) atoms. The van der Waals surface area contributed by atoms with Gasteiger partial charge in [-0.25, -0.2) is 0 Å². The average molecular weight is 381 g/mol. The lowest BCUT2D eigenvalue weighted by atomic mass is 10.1. The van der Waals surface area contributed by atoms with E-state index in [9.17, 15) is 4.79 Å². The van der Waals surface area contributed by atoms with Crippen LogP contribution in [-0.4, -0.2) is 28.8 Å². The molecule has 1 aromatic heterocycles. The number of carbonyl (C=O) groups is 1. The number of anilines is 1. The average Bonchev–Trinajstić information content (AvgIpc) is 3.14. The molecule has 0 aliphatic heterocycles. The topological polar surface area (TPSA) is 86.5 Å². The molecule has 0 unspecified atom stereocenters. The number of hydrogen-bond donors (Lipinski definition) is 1. The van der Waals surface area contributed by atoms with Crippen LogP contribution in [0.2, 0.25) is 0 Å². The SMILES string of the molecule is CCOc1ccc(-c2nc(NC(=O)[C@@H](C)Oc3cccc(C)c3C)no2)cc1. The predicted octanol–water partition coefficient (Wildman–Crippen LogP) is 4.16. The van der Waals surface area contributed by atoms with Gasteiger partial charge in [-0.1, -0.05) is 12.1 Å². The van der Waals surface area contributed by atoms with Crippen molar-refractivity contribution in [3.8, 4) is 23.0 Å². The first-order chi connectivity index (χ1) is 13.5. The third-order valence-electron chi connectivity index (χ3n) is 4.30. The molecule has 0 aliphatic carbocycles. The van der Waals surface area contributed by atoms with Crippen LogP contribution in [0.15, 0.2) is 47.0 Å². The van der Waals surface area contributed by atoms with Gasteiger partial charge in [0.25, 0.3) is 17.7 Å². The van der Waals surface area contributed by atoms with Crippen molar-refractivity contribution in [2.24, 2.45) is 0 Å². The smallest absolute Gasteiger partial charge is 0.270 e. The van der Waals surface area contributed by atoms with Gasteiger partial charge in [-0.05, 0) is 74.3 Å². The Hall–Kier alpha value is -3.35. The van der Waals surface area contributed by atoms with Crippen molar-refractivity contribution in [1.29, 1.82) is 0 Å². The lowest BCUT2D eigenvalue weighted by Gasteiger charge is -2.16. The number of hydrogen-bond acceptors (Lipinski definition) is 6. The molecule has 1 atom stereocenters. The van der Waals surface area contributed by atoms with Gasteiger partial charge in [0.2, 0.25) is 0 Å². The highest BCUT2D eigenvalue weighted by molar-refractivity contribution is 5.92. The summed E-state index contributed by atoms with van der Waals surface area (Å²) >= 11 is 0. The van der Waals surface area contributed by atoms with Crippen LogP contribution in [0.25, 0.3) is 11.5 Å². The highest BCUT2D eigenvalue weighted by Crippen LogP contribution is 2.23. The molecule has 0 saturated carbocycles. The maximum absolute atomic E-state index is 12.4. The molecular formula is C21H23N3O4. The van der Waals surface area contributed by atoms with Gasteiger partial charge in [-0.3, -0.25) is 10.1 Å².